The molecule has 0 fully saturated rings. The molecular weight excluding hydrogens is 364 g/mol. The third-order valence-corrected chi connectivity index (χ3v) is 5.32. The van der Waals surface area contributed by atoms with E-state index in [4.69, 9.17) is 4.74 Å². The molecule has 1 aliphatic rings. The van der Waals surface area contributed by atoms with Crippen LogP contribution in [0.2, 0.25) is 0 Å². The van der Waals surface area contributed by atoms with Crippen molar-refractivity contribution in [3.8, 4) is 0 Å². The van der Waals surface area contributed by atoms with Crippen molar-refractivity contribution in [2.45, 2.75) is 45.6 Å². The van der Waals surface area contributed by atoms with E-state index in [0.717, 1.165) is 48.7 Å². The Labute approximate surface area is 162 Å². The first-order valence-corrected chi connectivity index (χ1v) is 10.2. The number of imidazole rings is 1. The molecule has 2 heterocycles. The van der Waals surface area contributed by atoms with Gasteiger partial charge in [-0.25, -0.2) is 9.78 Å². The van der Waals surface area contributed by atoms with Crippen molar-refractivity contribution in [1.82, 2.24) is 9.55 Å². The molecule has 1 aromatic heterocycles. The van der Waals surface area contributed by atoms with Gasteiger partial charge in [0.25, 0.3) is 0 Å². The number of carbonyl (C=O) groups excluding carboxylic acids is 2. The molecule has 3 rings (SSSR count). The summed E-state index contributed by atoms with van der Waals surface area (Å²) in [4.78, 5) is 32.3. The van der Waals surface area contributed by atoms with E-state index in [0.29, 0.717) is 23.4 Å². The first-order valence-electron chi connectivity index (χ1n) is 9.25. The van der Waals surface area contributed by atoms with Crippen LogP contribution >= 0.6 is 11.8 Å². The lowest BCUT2D eigenvalue weighted by Crippen LogP contribution is -2.15. The van der Waals surface area contributed by atoms with Crippen LogP contribution in [0, 0.1) is 0 Å². The second kappa shape index (κ2) is 9.03. The Bertz CT molecular complexity index is 862. The van der Waals surface area contributed by atoms with Crippen molar-refractivity contribution in [2.24, 2.45) is 4.99 Å². The highest BCUT2D eigenvalue weighted by atomic mass is 32.2. The molecule has 1 amide bonds. The topological polar surface area (TPSA) is 85.6 Å². The van der Waals surface area contributed by atoms with Gasteiger partial charge in [0.2, 0.25) is 12.4 Å². The lowest BCUT2D eigenvalue weighted by Gasteiger charge is -2.13. The number of aromatic nitrogens is 2. The number of unbranched alkanes of at least 4 members (excludes halogenated alkanes) is 2. The zero-order valence-electron chi connectivity index (χ0n) is 15.6. The first kappa shape index (κ1) is 19.4. The Hall–Kier alpha value is -2.35. The van der Waals surface area contributed by atoms with Crippen LogP contribution in [0.1, 0.15) is 49.9 Å². The molecule has 0 aliphatic carbocycles. The van der Waals surface area contributed by atoms with Crippen LogP contribution in [0.4, 0.5) is 5.95 Å². The van der Waals surface area contributed by atoms with E-state index < -0.39 is 0 Å². The maximum absolute atomic E-state index is 12.4. The van der Waals surface area contributed by atoms with E-state index in [1.165, 1.54) is 0 Å². The number of amides is 1. The molecule has 1 aliphatic heterocycles. The fourth-order valence-electron chi connectivity index (χ4n) is 3.00. The van der Waals surface area contributed by atoms with Crippen molar-refractivity contribution >= 4 is 46.3 Å². The second-order valence-electron chi connectivity index (χ2n) is 6.46. The molecular formula is C19H24N4O3S. The van der Waals surface area contributed by atoms with E-state index in [1.54, 1.807) is 23.9 Å². The molecule has 0 radical (unpaired) electrons. The normalized spacial score (nSPS) is 14.8. The SMILES string of the molecule is CCCCCC(C)OC(=O)c1ccc2c(c1)nc(NC=O)n2C1=NCCS1. The lowest BCUT2D eigenvalue weighted by atomic mass is 10.1. The molecule has 1 unspecified atom stereocenters. The Balaban J connectivity index is 1.82. The monoisotopic (exact) mass is 388 g/mol. The number of fused-ring (bicyclic) bond motifs is 1. The molecule has 0 bridgehead atoms. The summed E-state index contributed by atoms with van der Waals surface area (Å²) in [7, 11) is 0. The van der Waals surface area contributed by atoms with Gasteiger partial charge >= 0.3 is 5.97 Å². The highest BCUT2D eigenvalue weighted by Crippen LogP contribution is 2.26. The number of hydrogen-bond donors (Lipinski definition) is 1. The van der Waals surface area contributed by atoms with Crippen molar-refractivity contribution < 1.29 is 14.3 Å². The molecule has 0 spiro atoms. The predicted octanol–water partition coefficient (Wildman–Crippen LogP) is 3.68. The van der Waals surface area contributed by atoms with Crippen LogP contribution in [-0.2, 0) is 9.53 Å². The molecule has 8 heteroatoms. The maximum Gasteiger partial charge on any atom is 0.338 e. The second-order valence-corrected chi connectivity index (χ2v) is 7.52. The fourth-order valence-corrected chi connectivity index (χ4v) is 3.86. The number of ether oxygens (including phenoxy) is 1. The summed E-state index contributed by atoms with van der Waals surface area (Å²) in [6.45, 7) is 4.80. The van der Waals surface area contributed by atoms with Gasteiger partial charge in [0.15, 0.2) is 5.17 Å². The van der Waals surface area contributed by atoms with Gasteiger partial charge in [0.1, 0.15) is 0 Å². The van der Waals surface area contributed by atoms with Crippen molar-refractivity contribution in [3.63, 3.8) is 0 Å². The number of nitrogens with zero attached hydrogens (tertiary/aromatic N) is 3. The minimum absolute atomic E-state index is 0.117. The third-order valence-electron chi connectivity index (χ3n) is 4.36. The molecule has 0 saturated heterocycles. The highest BCUT2D eigenvalue weighted by Gasteiger charge is 2.20. The third kappa shape index (κ3) is 4.50. The van der Waals surface area contributed by atoms with Crippen LogP contribution in [-0.4, -0.2) is 45.5 Å². The molecule has 7 nitrogen and oxygen atoms in total. The van der Waals surface area contributed by atoms with Gasteiger partial charge in [0.05, 0.1) is 29.2 Å². The Kier molecular flexibility index (Phi) is 6.49. The summed E-state index contributed by atoms with van der Waals surface area (Å²) < 4.78 is 7.35. The smallest absolute Gasteiger partial charge is 0.338 e. The number of hydrogen-bond acceptors (Lipinski definition) is 6. The molecule has 27 heavy (non-hydrogen) atoms. The first-order chi connectivity index (χ1) is 13.1. The van der Waals surface area contributed by atoms with Gasteiger partial charge in [-0.3, -0.25) is 19.7 Å². The number of esters is 1. The Morgan fingerprint density at radius 1 is 1.44 bits per heavy atom. The van der Waals surface area contributed by atoms with Crippen LogP contribution in [0.25, 0.3) is 11.0 Å². The van der Waals surface area contributed by atoms with Gasteiger partial charge in [-0.05, 0) is 38.0 Å². The molecule has 0 saturated carbocycles. The number of benzene rings is 1. The summed E-state index contributed by atoms with van der Waals surface area (Å²) in [6.07, 6.45) is 4.66. The minimum atomic E-state index is -0.354. The summed E-state index contributed by atoms with van der Waals surface area (Å²) >= 11 is 1.61. The largest absolute Gasteiger partial charge is 0.459 e. The summed E-state index contributed by atoms with van der Waals surface area (Å²) in [5.41, 5.74) is 1.86. The number of nitrogens with one attached hydrogen (secondary N) is 1. The van der Waals surface area contributed by atoms with E-state index in [2.05, 4.69) is 22.2 Å². The van der Waals surface area contributed by atoms with Gasteiger partial charge in [0, 0.05) is 5.75 Å². The van der Waals surface area contributed by atoms with Crippen molar-refractivity contribution in [3.05, 3.63) is 23.8 Å². The number of thioether (sulfide) groups is 1. The van der Waals surface area contributed by atoms with Crippen LogP contribution in [0.15, 0.2) is 23.2 Å². The minimum Gasteiger partial charge on any atom is -0.459 e. The molecule has 1 atom stereocenters. The van der Waals surface area contributed by atoms with Gasteiger partial charge in [-0.1, -0.05) is 31.5 Å². The van der Waals surface area contributed by atoms with Gasteiger partial charge in [-0.2, -0.15) is 0 Å². The number of carbonyl (C=O) groups is 2. The summed E-state index contributed by atoms with van der Waals surface area (Å²) in [5, 5.41) is 3.41. The van der Waals surface area contributed by atoms with Crippen LogP contribution < -0.4 is 5.32 Å². The average molecular weight is 388 g/mol. The Morgan fingerprint density at radius 2 is 2.30 bits per heavy atom. The lowest BCUT2D eigenvalue weighted by molar-refractivity contribution is -0.105. The van der Waals surface area contributed by atoms with Crippen molar-refractivity contribution in [1.29, 1.82) is 0 Å². The standard InChI is InChI=1S/C19H24N4O3S/c1-3-4-5-6-13(2)26-17(25)14-7-8-16-15(11-14)22-18(21-12-24)23(16)19-20-9-10-27-19/h7-8,11-13H,3-6,9-10H2,1-2H3,(H,21,22,24). The Morgan fingerprint density at radius 3 is 3.00 bits per heavy atom. The predicted molar refractivity (Wildman–Crippen MR) is 109 cm³/mol. The molecule has 1 N–H and O–H groups in total. The van der Waals surface area contributed by atoms with Gasteiger partial charge in [-0.15, -0.1) is 0 Å². The molecule has 1 aromatic carbocycles. The van der Waals surface area contributed by atoms with Crippen LogP contribution in [0.3, 0.4) is 0 Å². The zero-order valence-corrected chi connectivity index (χ0v) is 16.4. The van der Waals surface area contributed by atoms with E-state index in [-0.39, 0.29) is 12.1 Å². The van der Waals surface area contributed by atoms with E-state index >= 15 is 0 Å². The number of rotatable bonds is 8. The molecule has 144 valence electrons. The van der Waals surface area contributed by atoms with E-state index in [9.17, 15) is 9.59 Å². The average Bonchev–Trinajstić information content (AvgIpc) is 3.28. The summed E-state index contributed by atoms with van der Waals surface area (Å²) in [6, 6.07) is 5.24. The van der Waals surface area contributed by atoms with Crippen molar-refractivity contribution in [2.75, 3.05) is 17.6 Å². The van der Waals surface area contributed by atoms with Gasteiger partial charge < -0.3 is 4.74 Å². The highest BCUT2D eigenvalue weighted by molar-refractivity contribution is 8.14. The summed E-state index contributed by atoms with van der Waals surface area (Å²) in [5.74, 6) is 0.940. The molecule has 2 aromatic rings. The number of anilines is 1. The fraction of sp³-hybridized carbons (Fsp3) is 0.474. The zero-order chi connectivity index (χ0) is 19.2. The number of aliphatic imine (C=N–C) groups is 1. The maximum atomic E-state index is 12.4. The van der Waals surface area contributed by atoms with Crippen LogP contribution in [0.5, 0.6) is 0 Å². The van der Waals surface area contributed by atoms with E-state index in [1.807, 2.05) is 17.6 Å². The quantitative estimate of drug-likeness (QED) is 0.423.